The Morgan fingerprint density at radius 2 is 1.94 bits per heavy atom. The molecular weight excluding hydrogens is 430 g/mol. The van der Waals surface area contributed by atoms with Crippen LogP contribution in [0, 0.1) is 6.92 Å². The van der Waals surface area contributed by atoms with E-state index in [1.54, 1.807) is 6.20 Å². The number of nitrogens with zero attached hydrogens (tertiary/aromatic N) is 4. The van der Waals surface area contributed by atoms with Crippen LogP contribution in [0.2, 0.25) is 0 Å². The van der Waals surface area contributed by atoms with E-state index in [-0.39, 0.29) is 6.04 Å². The minimum Gasteiger partial charge on any atom is -0.478 e. The third-order valence-electron chi connectivity index (χ3n) is 5.30. The molecule has 0 amide bonds. The Hall–Kier alpha value is -3.03. The molecule has 0 fully saturated rings. The van der Waals surface area contributed by atoms with Crippen molar-refractivity contribution in [1.29, 1.82) is 0 Å². The first-order valence-corrected chi connectivity index (χ1v) is 12.1. The van der Waals surface area contributed by atoms with Gasteiger partial charge in [-0.2, -0.15) is 0 Å². The zero-order valence-electron chi connectivity index (χ0n) is 19.9. The molecule has 1 N–H and O–H groups in total. The Morgan fingerprint density at radius 1 is 1.12 bits per heavy atom. The van der Waals surface area contributed by atoms with E-state index in [2.05, 4.69) is 84.5 Å². The molecule has 1 aromatic carbocycles. The fraction of sp³-hybridized carbons (Fsp3) is 0.346. The SMILES string of the molecule is CCCOc1cc2c(NC(C)c3ccc(-c4ccccc4CN(C)C)s3)nc(C)nc2cn1. The summed E-state index contributed by atoms with van der Waals surface area (Å²) in [6.07, 6.45) is 2.69. The lowest BCUT2D eigenvalue weighted by Crippen LogP contribution is -2.11. The number of nitrogens with one attached hydrogen (secondary N) is 1. The molecule has 1 atom stereocenters. The Bertz CT molecular complexity index is 1240. The molecule has 0 aliphatic carbocycles. The van der Waals surface area contributed by atoms with Gasteiger partial charge >= 0.3 is 0 Å². The van der Waals surface area contributed by atoms with Crippen LogP contribution in [0.5, 0.6) is 5.88 Å². The number of benzene rings is 1. The van der Waals surface area contributed by atoms with Crippen LogP contribution in [0.1, 0.15) is 42.6 Å². The van der Waals surface area contributed by atoms with Gasteiger partial charge in [-0.15, -0.1) is 11.3 Å². The van der Waals surface area contributed by atoms with Gasteiger partial charge in [0.2, 0.25) is 5.88 Å². The minimum atomic E-state index is 0.0930. The van der Waals surface area contributed by atoms with E-state index in [0.717, 1.165) is 29.7 Å². The first-order valence-electron chi connectivity index (χ1n) is 11.3. The van der Waals surface area contributed by atoms with Crippen LogP contribution in [0.25, 0.3) is 21.3 Å². The second kappa shape index (κ2) is 10.3. The molecule has 172 valence electrons. The van der Waals surface area contributed by atoms with Gasteiger partial charge < -0.3 is 15.0 Å². The molecule has 1 unspecified atom stereocenters. The average molecular weight is 462 g/mol. The number of aryl methyl sites for hydroxylation is 1. The quantitative estimate of drug-likeness (QED) is 0.326. The van der Waals surface area contributed by atoms with E-state index < -0.39 is 0 Å². The van der Waals surface area contributed by atoms with Gasteiger partial charge in [0.25, 0.3) is 0 Å². The van der Waals surface area contributed by atoms with Gasteiger partial charge in [-0.25, -0.2) is 15.0 Å². The zero-order valence-corrected chi connectivity index (χ0v) is 20.7. The van der Waals surface area contributed by atoms with Crippen LogP contribution in [0.4, 0.5) is 5.82 Å². The Kier molecular flexibility index (Phi) is 7.20. The first-order chi connectivity index (χ1) is 15.9. The van der Waals surface area contributed by atoms with Gasteiger partial charge in [0.05, 0.1) is 24.4 Å². The van der Waals surface area contributed by atoms with Crippen LogP contribution in [-0.2, 0) is 6.54 Å². The molecule has 4 rings (SSSR count). The first kappa shape index (κ1) is 23.1. The van der Waals surface area contributed by atoms with Crippen molar-refractivity contribution in [3.05, 3.63) is 64.9 Å². The fourth-order valence-electron chi connectivity index (χ4n) is 3.77. The third kappa shape index (κ3) is 5.49. The summed E-state index contributed by atoms with van der Waals surface area (Å²) in [5.74, 6) is 2.12. The smallest absolute Gasteiger partial charge is 0.214 e. The number of anilines is 1. The fourth-order valence-corrected chi connectivity index (χ4v) is 4.84. The highest BCUT2D eigenvalue weighted by atomic mass is 32.1. The van der Waals surface area contributed by atoms with Gasteiger partial charge in [0, 0.05) is 27.8 Å². The van der Waals surface area contributed by atoms with Crippen molar-refractivity contribution in [2.24, 2.45) is 0 Å². The molecule has 3 heterocycles. The largest absolute Gasteiger partial charge is 0.478 e. The summed E-state index contributed by atoms with van der Waals surface area (Å²) in [5, 5.41) is 4.52. The monoisotopic (exact) mass is 461 g/mol. The van der Waals surface area contributed by atoms with Crippen molar-refractivity contribution in [1.82, 2.24) is 19.9 Å². The highest BCUT2D eigenvalue weighted by Crippen LogP contribution is 2.35. The van der Waals surface area contributed by atoms with Crippen molar-refractivity contribution < 1.29 is 4.74 Å². The number of rotatable bonds is 9. The summed E-state index contributed by atoms with van der Waals surface area (Å²) in [4.78, 5) is 18.4. The van der Waals surface area contributed by atoms with E-state index in [4.69, 9.17) is 9.72 Å². The summed E-state index contributed by atoms with van der Waals surface area (Å²) < 4.78 is 5.73. The maximum absolute atomic E-state index is 5.73. The van der Waals surface area contributed by atoms with Crippen LogP contribution < -0.4 is 10.1 Å². The van der Waals surface area contributed by atoms with E-state index in [1.165, 1.54) is 20.9 Å². The third-order valence-corrected chi connectivity index (χ3v) is 6.60. The normalized spacial score (nSPS) is 12.3. The average Bonchev–Trinajstić information content (AvgIpc) is 3.28. The van der Waals surface area contributed by atoms with Gasteiger partial charge in [0.15, 0.2) is 0 Å². The number of pyridine rings is 1. The molecule has 0 bridgehead atoms. The van der Waals surface area contributed by atoms with Crippen molar-refractivity contribution in [3.63, 3.8) is 0 Å². The predicted molar refractivity (Wildman–Crippen MR) is 137 cm³/mol. The molecule has 4 aromatic rings. The van der Waals surface area contributed by atoms with Gasteiger partial charge in [-0.3, -0.25) is 0 Å². The van der Waals surface area contributed by atoms with Crippen molar-refractivity contribution in [3.8, 4) is 16.3 Å². The molecule has 0 saturated carbocycles. The number of thiophene rings is 1. The zero-order chi connectivity index (χ0) is 23.4. The highest BCUT2D eigenvalue weighted by Gasteiger charge is 2.15. The topological polar surface area (TPSA) is 63.2 Å². The summed E-state index contributed by atoms with van der Waals surface area (Å²) in [7, 11) is 4.20. The molecule has 0 saturated heterocycles. The van der Waals surface area contributed by atoms with E-state index in [1.807, 2.05) is 24.3 Å². The Labute approximate surface area is 199 Å². The lowest BCUT2D eigenvalue weighted by Gasteiger charge is -2.16. The number of aromatic nitrogens is 3. The lowest BCUT2D eigenvalue weighted by molar-refractivity contribution is 0.306. The summed E-state index contributed by atoms with van der Waals surface area (Å²) in [5.41, 5.74) is 3.44. The van der Waals surface area contributed by atoms with E-state index >= 15 is 0 Å². The molecule has 3 aromatic heterocycles. The van der Waals surface area contributed by atoms with Gasteiger partial charge in [-0.1, -0.05) is 31.2 Å². The Morgan fingerprint density at radius 3 is 2.73 bits per heavy atom. The molecule has 6 nitrogen and oxygen atoms in total. The van der Waals surface area contributed by atoms with Crippen molar-refractivity contribution in [2.75, 3.05) is 26.0 Å². The van der Waals surface area contributed by atoms with Crippen LogP contribution in [0.3, 0.4) is 0 Å². The molecule has 0 spiro atoms. The maximum atomic E-state index is 5.73. The number of hydrogen-bond acceptors (Lipinski definition) is 7. The highest BCUT2D eigenvalue weighted by molar-refractivity contribution is 7.15. The molecule has 0 radical (unpaired) electrons. The number of fused-ring (bicyclic) bond motifs is 1. The van der Waals surface area contributed by atoms with Crippen LogP contribution in [-0.4, -0.2) is 40.6 Å². The standard InChI is InChI=1S/C26H31N5OS/c1-6-13-32-25-14-21-22(15-27-25)29-18(3)30-26(21)28-17(2)23-11-12-24(33-23)20-10-8-7-9-19(20)16-31(4)5/h7-12,14-15,17H,6,13,16H2,1-5H3,(H,28,29,30). The molecular formula is C26H31N5OS. The number of ether oxygens (including phenoxy) is 1. The van der Waals surface area contributed by atoms with Crippen LogP contribution in [0.15, 0.2) is 48.7 Å². The van der Waals surface area contributed by atoms with E-state index in [9.17, 15) is 0 Å². The summed E-state index contributed by atoms with van der Waals surface area (Å²) in [6.45, 7) is 7.70. The maximum Gasteiger partial charge on any atom is 0.214 e. The molecule has 33 heavy (non-hydrogen) atoms. The lowest BCUT2D eigenvalue weighted by atomic mass is 10.1. The Balaban J connectivity index is 1.61. The predicted octanol–water partition coefficient (Wildman–Crippen LogP) is 6.09. The minimum absolute atomic E-state index is 0.0930. The molecule has 0 aliphatic heterocycles. The second-order valence-corrected chi connectivity index (χ2v) is 9.59. The van der Waals surface area contributed by atoms with Gasteiger partial charge in [0.1, 0.15) is 11.6 Å². The van der Waals surface area contributed by atoms with Crippen molar-refractivity contribution >= 4 is 28.1 Å². The van der Waals surface area contributed by atoms with Gasteiger partial charge in [-0.05, 0) is 57.6 Å². The number of hydrogen-bond donors (Lipinski definition) is 1. The van der Waals surface area contributed by atoms with Crippen molar-refractivity contribution in [2.45, 2.75) is 39.8 Å². The molecule has 0 aliphatic rings. The second-order valence-electron chi connectivity index (χ2n) is 8.47. The summed E-state index contributed by atoms with van der Waals surface area (Å²) >= 11 is 1.82. The van der Waals surface area contributed by atoms with Crippen LogP contribution >= 0.6 is 11.3 Å². The van der Waals surface area contributed by atoms with E-state index in [0.29, 0.717) is 18.3 Å². The summed E-state index contributed by atoms with van der Waals surface area (Å²) in [6, 6.07) is 15.1. The molecule has 7 heteroatoms.